The van der Waals surface area contributed by atoms with Gasteiger partial charge in [-0.3, -0.25) is 0 Å². The maximum atomic E-state index is 9.83. The molecule has 0 fully saturated rings. The Balaban J connectivity index is 2.55. The van der Waals surface area contributed by atoms with Crippen molar-refractivity contribution in [1.29, 1.82) is 0 Å². The van der Waals surface area contributed by atoms with Crippen molar-refractivity contribution in [2.75, 3.05) is 13.1 Å². The summed E-state index contributed by atoms with van der Waals surface area (Å²) in [6, 6.07) is 9.64. The third kappa shape index (κ3) is 5.59. The van der Waals surface area contributed by atoms with Crippen LogP contribution in [-0.2, 0) is 0 Å². The zero-order valence-corrected chi connectivity index (χ0v) is 12.2. The first-order chi connectivity index (χ1) is 9.54. The number of aliphatic hydroxyl groups excluding tert-OH is 1. The summed E-state index contributed by atoms with van der Waals surface area (Å²) in [5, 5.41) is 25.0. The second-order valence-corrected chi connectivity index (χ2v) is 5.43. The molecule has 20 heavy (non-hydrogen) atoms. The monoisotopic (exact) mass is 279 g/mol. The maximum Gasteiger partial charge on any atom is 0.147 e. The van der Waals surface area contributed by atoms with Gasteiger partial charge in [0.2, 0.25) is 0 Å². The second kappa shape index (κ2) is 8.55. The van der Waals surface area contributed by atoms with Crippen LogP contribution in [0.2, 0.25) is 0 Å². The van der Waals surface area contributed by atoms with Gasteiger partial charge in [-0.1, -0.05) is 49.3 Å². The Morgan fingerprint density at radius 3 is 2.45 bits per heavy atom. The summed E-state index contributed by atoms with van der Waals surface area (Å²) >= 11 is 0. The van der Waals surface area contributed by atoms with Crippen LogP contribution in [0.15, 0.2) is 35.5 Å². The van der Waals surface area contributed by atoms with E-state index in [1.165, 1.54) is 0 Å². The van der Waals surface area contributed by atoms with E-state index in [1.54, 1.807) is 0 Å². The lowest BCUT2D eigenvalue weighted by atomic mass is 9.98. The van der Waals surface area contributed by atoms with E-state index in [-0.39, 0.29) is 17.9 Å². The van der Waals surface area contributed by atoms with E-state index in [9.17, 15) is 5.11 Å². The smallest absolute Gasteiger partial charge is 0.147 e. The van der Waals surface area contributed by atoms with Crippen molar-refractivity contribution < 1.29 is 10.3 Å². The van der Waals surface area contributed by atoms with Gasteiger partial charge in [0.25, 0.3) is 0 Å². The van der Waals surface area contributed by atoms with E-state index in [0.29, 0.717) is 19.0 Å². The second-order valence-electron chi connectivity index (χ2n) is 5.43. The van der Waals surface area contributed by atoms with Gasteiger partial charge < -0.3 is 21.4 Å². The summed E-state index contributed by atoms with van der Waals surface area (Å²) in [6.07, 6.45) is 0.380. The average Bonchev–Trinajstić information content (AvgIpc) is 2.43. The van der Waals surface area contributed by atoms with Crippen molar-refractivity contribution in [2.24, 2.45) is 16.8 Å². The van der Waals surface area contributed by atoms with Crippen LogP contribution < -0.4 is 11.1 Å². The quantitative estimate of drug-likeness (QED) is 0.251. The molecule has 1 rings (SSSR count). The maximum absolute atomic E-state index is 9.83. The van der Waals surface area contributed by atoms with Gasteiger partial charge in [0.05, 0.1) is 12.0 Å². The van der Waals surface area contributed by atoms with Crippen LogP contribution in [0.3, 0.4) is 0 Å². The molecule has 0 saturated heterocycles. The van der Waals surface area contributed by atoms with E-state index < -0.39 is 0 Å². The molecule has 0 saturated carbocycles. The minimum Gasteiger partial charge on any atom is -0.409 e. The van der Waals surface area contributed by atoms with E-state index >= 15 is 0 Å². The van der Waals surface area contributed by atoms with E-state index in [2.05, 4.69) is 24.3 Å². The Bertz CT molecular complexity index is 407. The van der Waals surface area contributed by atoms with Gasteiger partial charge in [-0.25, -0.2) is 0 Å². The highest BCUT2D eigenvalue weighted by Crippen LogP contribution is 2.15. The fraction of sp³-hybridized carbons (Fsp3) is 0.533. The molecule has 2 atom stereocenters. The predicted molar refractivity (Wildman–Crippen MR) is 80.9 cm³/mol. The molecule has 112 valence electrons. The Hall–Kier alpha value is -1.59. The third-order valence-electron chi connectivity index (χ3n) is 3.15. The van der Waals surface area contributed by atoms with E-state index in [0.717, 1.165) is 12.0 Å². The van der Waals surface area contributed by atoms with E-state index in [1.807, 2.05) is 30.3 Å². The van der Waals surface area contributed by atoms with Crippen LogP contribution in [0.1, 0.15) is 31.7 Å². The predicted octanol–water partition coefficient (Wildman–Crippen LogP) is 1.51. The molecule has 1 aromatic rings. The number of nitrogens with one attached hydrogen (secondary N) is 1. The molecule has 5 nitrogen and oxygen atoms in total. The van der Waals surface area contributed by atoms with Gasteiger partial charge in [-0.2, -0.15) is 0 Å². The Morgan fingerprint density at radius 1 is 1.25 bits per heavy atom. The number of aliphatic hydroxyl groups is 1. The van der Waals surface area contributed by atoms with Crippen LogP contribution in [0.5, 0.6) is 0 Å². The Morgan fingerprint density at radius 2 is 1.90 bits per heavy atom. The highest BCUT2D eigenvalue weighted by Gasteiger charge is 2.16. The SMILES string of the molecule is CC(C)CC(O)CNCC(/C(N)=N/O)c1ccccc1. The normalized spacial score (nSPS) is 15.3. The molecule has 0 aliphatic heterocycles. The molecular weight excluding hydrogens is 254 g/mol. The lowest BCUT2D eigenvalue weighted by molar-refractivity contribution is 0.146. The first-order valence-corrected chi connectivity index (χ1v) is 6.95. The fourth-order valence-electron chi connectivity index (χ4n) is 2.17. The Labute approximate surface area is 120 Å². The molecule has 0 bridgehead atoms. The molecular formula is C15H25N3O2. The zero-order chi connectivity index (χ0) is 15.0. The van der Waals surface area contributed by atoms with Crippen molar-refractivity contribution in [3.05, 3.63) is 35.9 Å². The summed E-state index contributed by atoms with van der Waals surface area (Å²) in [6.45, 7) is 5.17. The third-order valence-corrected chi connectivity index (χ3v) is 3.15. The number of hydrogen-bond acceptors (Lipinski definition) is 4. The van der Waals surface area contributed by atoms with Crippen molar-refractivity contribution in [2.45, 2.75) is 32.3 Å². The number of oxime groups is 1. The molecule has 2 unspecified atom stereocenters. The first-order valence-electron chi connectivity index (χ1n) is 6.95. The summed E-state index contributed by atoms with van der Waals surface area (Å²) in [5.74, 6) is 0.426. The average molecular weight is 279 g/mol. The summed E-state index contributed by atoms with van der Waals surface area (Å²) < 4.78 is 0. The van der Waals surface area contributed by atoms with E-state index in [4.69, 9.17) is 10.9 Å². The van der Waals surface area contributed by atoms with Crippen LogP contribution in [-0.4, -0.2) is 35.3 Å². The molecule has 5 heteroatoms. The van der Waals surface area contributed by atoms with Crippen LogP contribution in [0.25, 0.3) is 0 Å². The lowest BCUT2D eigenvalue weighted by Gasteiger charge is -2.19. The molecule has 0 radical (unpaired) electrons. The highest BCUT2D eigenvalue weighted by atomic mass is 16.4. The fourth-order valence-corrected chi connectivity index (χ4v) is 2.17. The number of benzene rings is 1. The minimum atomic E-state index is -0.376. The number of amidine groups is 1. The summed E-state index contributed by atoms with van der Waals surface area (Å²) in [7, 11) is 0. The standard InChI is InChI=1S/C15H25N3O2/c1-11(2)8-13(19)9-17-10-14(15(16)18-20)12-6-4-3-5-7-12/h3-7,11,13-14,17,19-20H,8-10H2,1-2H3,(H2,16,18). The highest BCUT2D eigenvalue weighted by molar-refractivity contribution is 5.87. The molecule has 0 aliphatic carbocycles. The van der Waals surface area contributed by atoms with Crippen LogP contribution in [0, 0.1) is 5.92 Å². The number of hydrogen-bond donors (Lipinski definition) is 4. The number of nitrogens with zero attached hydrogens (tertiary/aromatic N) is 1. The molecule has 0 spiro atoms. The molecule has 0 aliphatic rings. The van der Waals surface area contributed by atoms with Gasteiger partial charge in [-0.05, 0) is 17.9 Å². The van der Waals surface area contributed by atoms with Crippen molar-refractivity contribution in [3.63, 3.8) is 0 Å². The first kappa shape index (κ1) is 16.5. The van der Waals surface area contributed by atoms with Crippen molar-refractivity contribution >= 4 is 5.84 Å². The Kier molecular flexibility index (Phi) is 7.04. The number of nitrogens with two attached hydrogens (primary N) is 1. The van der Waals surface area contributed by atoms with Gasteiger partial charge in [0.1, 0.15) is 5.84 Å². The molecule has 5 N–H and O–H groups in total. The molecule has 0 heterocycles. The summed E-state index contributed by atoms with van der Waals surface area (Å²) in [5.41, 5.74) is 6.72. The largest absolute Gasteiger partial charge is 0.409 e. The van der Waals surface area contributed by atoms with Crippen molar-refractivity contribution in [1.82, 2.24) is 5.32 Å². The van der Waals surface area contributed by atoms with Gasteiger partial charge >= 0.3 is 0 Å². The zero-order valence-electron chi connectivity index (χ0n) is 12.2. The number of rotatable bonds is 8. The van der Waals surface area contributed by atoms with Gasteiger partial charge in [0.15, 0.2) is 0 Å². The van der Waals surface area contributed by atoms with Gasteiger partial charge in [-0.15, -0.1) is 0 Å². The molecule has 0 amide bonds. The van der Waals surface area contributed by atoms with Crippen molar-refractivity contribution in [3.8, 4) is 0 Å². The van der Waals surface area contributed by atoms with Crippen LogP contribution in [0.4, 0.5) is 0 Å². The van der Waals surface area contributed by atoms with Crippen LogP contribution >= 0.6 is 0 Å². The molecule has 1 aromatic carbocycles. The van der Waals surface area contributed by atoms with Gasteiger partial charge in [0, 0.05) is 13.1 Å². The summed E-state index contributed by atoms with van der Waals surface area (Å²) in [4.78, 5) is 0. The minimum absolute atomic E-state index is 0.169. The lowest BCUT2D eigenvalue weighted by Crippen LogP contribution is -2.35. The molecule has 0 aromatic heterocycles. The topological polar surface area (TPSA) is 90.9 Å².